The number of carbonyl (C=O) groups excluding carboxylic acids is 1. The third-order valence-electron chi connectivity index (χ3n) is 4.55. The highest BCUT2D eigenvalue weighted by Gasteiger charge is 2.37. The molecule has 1 unspecified atom stereocenters. The summed E-state index contributed by atoms with van der Waals surface area (Å²) in [7, 11) is 0. The molecule has 3 heteroatoms. The molecule has 1 aromatic rings. The molecule has 0 bridgehead atoms. The van der Waals surface area contributed by atoms with Gasteiger partial charge >= 0.3 is 0 Å². The van der Waals surface area contributed by atoms with Crippen LogP contribution >= 0.6 is 0 Å². The Labute approximate surface area is 136 Å². The Balaban J connectivity index is 1.65. The van der Waals surface area contributed by atoms with E-state index in [1.165, 1.54) is 0 Å². The molecule has 1 heterocycles. The van der Waals surface area contributed by atoms with Crippen LogP contribution in [0, 0.1) is 11.8 Å². The van der Waals surface area contributed by atoms with Crippen molar-refractivity contribution in [1.29, 1.82) is 0 Å². The predicted octanol–water partition coefficient (Wildman–Crippen LogP) is 3.74. The van der Waals surface area contributed by atoms with Crippen molar-refractivity contribution in [3.05, 3.63) is 84.5 Å². The smallest absolute Gasteiger partial charge is 0.267 e. The Hall–Kier alpha value is -2.68. The van der Waals surface area contributed by atoms with Crippen molar-refractivity contribution in [3.63, 3.8) is 0 Å². The van der Waals surface area contributed by atoms with E-state index in [1.807, 2.05) is 54.6 Å². The first-order chi connectivity index (χ1) is 11.3. The van der Waals surface area contributed by atoms with Gasteiger partial charge in [0, 0.05) is 23.8 Å². The van der Waals surface area contributed by atoms with Crippen molar-refractivity contribution < 1.29 is 4.79 Å². The largest absolute Gasteiger partial charge is 0.274 e. The minimum Gasteiger partial charge on any atom is -0.267 e. The fraction of sp³-hybridized carbons (Fsp3) is 0.200. The Morgan fingerprint density at radius 1 is 0.957 bits per heavy atom. The number of hydrogen-bond donors (Lipinski definition) is 0. The second-order valence-electron chi connectivity index (χ2n) is 6.02. The van der Waals surface area contributed by atoms with Crippen LogP contribution in [0.25, 0.3) is 0 Å². The van der Waals surface area contributed by atoms with Gasteiger partial charge in [0.1, 0.15) is 0 Å². The summed E-state index contributed by atoms with van der Waals surface area (Å²) in [6.45, 7) is 0. The maximum absolute atomic E-state index is 12.9. The molecule has 4 rings (SSSR count). The van der Waals surface area contributed by atoms with E-state index in [0.29, 0.717) is 5.56 Å². The first-order valence-electron chi connectivity index (χ1n) is 7.99. The molecule has 3 nitrogen and oxygen atoms in total. The number of carbonyl (C=O) groups is 1. The van der Waals surface area contributed by atoms with E-state index in [-0.39, 0.29) is 23.8 Å². The number of amides is 1. The van der Waals surface area contributed by atoms with Crippen molar-refractivity contribution >= 4 is 11.6 Å². The number of benzene rings is 1. The third kappa shape index (κ3) is 2.59. The van der Waals surface area contributed by atoms with E-state index < -0.39 is 0 Å². The molecule has 2 aliphatic carbocycles. The van der Waals surface area contributed by atoms with Crippen molar-refractivity contribution in [3.8, 4) is 0 Å². The minimum absolute atomic E-state index is 0.0229. The lowest BCUT2D eigenvalue weighted by Crippen LogP contribution is -2.36. The van der Waals surface area contributed by atoms with Crippen LogP contribution in [0.3, 0.4) is 0 Å². The molecule has 0 spiro atoms. The van der Waals surface area contributed by atoms with Crippen molar-refractivity contribution in [2.24, 2.45) is 16.9 Å². The molecule has 0 saturated heterocycles. The third-order valence-corrected chi connectivity index (χ3v) is 4.55. The molecular formula is C20H18N2O. The summed E-state index contributed by atoms with van der Waals surface area (Å²) in [5.41, 5.74) is 1.75. The van der Waals surface area contributed by atoms with E-state index in [4.69, 9.17) is 5.10 Å². The average molecular weight is 302 g/mol. The Morgan fingerprint density at radius 2 is 1.61 bits per heavy atom. The number of allylic oxidation sites excluding steroid dienone is 6. The number of hydrogen-bond acceptors (Lipinski definition) is 2. The van der Waals surface area contributed by atoms with Crippen molar-refractivity contribution in [2.75, 3.05) is 0 Å². The van der Waals surface area contributed by atoms with Crippen LogP contribution in [0.2, 0.25) is 0 Å². The van der Waals surface area contributed by atoms with Crippen LogP contribution < -0.4 is 0 Å². The lowest BCUT2D eigenvalue weighted by atomic mass is 9.92. The molecule has 23 heavy (non-hydrogen) atoms. The van der Waals surface area contributed by atoms with Gasteiger partial charge in [0.15, 0.2) is 0 Å². The fourth-order valence-corrected chi connectivity index (χ4v) is 3.32. The van der Waals surface area contributed by atoms with E-state index in [2.05, 4.69) is 24.3 Å². The minimum atomic E-state index is -0.0229. The van der Waals surface area contributed by atoms with Crippen LogP contribution in [0.4, 0.5) is 0 Å². The van der Waals surface area contributed by atoms with Crippen LogP contribution in [0.15, 0.2) is 84.0 Å². The SMILES string of the molecule is O=C(c1ccccc1)N1N=C(C2C=CC=C2)CC1C1C=CC=C1. The van der Waals surface area contributed by atoms with Gasteiger partial charge < -0.3 is 0 Å². The van der Waals surface area contributed by atoms with Crippen LogP contribution in [-0.2, 0) is 0 Å². The van der Waals surface area contributed by atoms with Gasteiger partial charge in [-0.3, -0.25) is 4.79 Å². The molecule has 3 aliphatic rings. The summed E-state index contributed by atoms with van der Waals surface area (Å²) >= 11 is 0. The Kier molecular flexibility index (Phi) is 3.54. The van der Waals surface area contributed by atoms with Gasteiger partial charge in [0.25, 0.3) is 5.91 Å². The Bertz CT molecular complexity index is 731. The van der Waals surface area contributed by atoms with Crippen LogP contribution in [0.1, 0.15) is 16.8 Å². The van der Waals surface area contributed by atoms with Crippen molar-refractivity contribution in [1.82, 2.24) is 5.01 Å². The second kappa shape index (κ2) is 5.84. The predicted molar refractivity (Wildman–Crippen MR) is 92.0 cm³/mol. The van der Waals surface area contributed by atoms with E-state index >= 15 is 0 Å². The molecule has 0 N–H and O–H groups in total. The summed E-state index contributed by atoms with van der Waals surface area (Å²) in [5, 5.41) is 6.39. The lowest BCUT2D eigenvalue weighted by Gasteiger charge is -2.25. The molecule has 1 aliphatic heterocycles. The maximum Gasteiger partial charge on any atom is 0.274 e. The van der Waals surface area contributed by atoms with Gasteiger partial charge in [-0.25, -0.2) is 5.01 Å². The van der Waals surface area contributed by atoms with E-state index in [1.54, 1.807) is 5.01 Å². The van der Waals surface area contributed by atoms with E-state index in [9.17, 15) is 4.79 Å². The molecular weight excluding hydrogens is 284 g/mol. The van der Waals surface area contributed by atoms with Gasteiger partial charge in [-0.05, 0) is 12.1 Å². The molecule has 1 aromatic carbocycles. The summed E-state index contributed by atoms with van der Waals surface area (Å²) in [4.78, 5) is 12.9. The summed E-state index contributed by atoms with van der Waals surface area (Å²) in [6.07, 6.45) is 17.5. The number of nitrogens with zero attached hydrogens (tertiary/aromatic N) is 2. The molecule has 1 atom stereocenters. The number of hydrazone groups is 1. The molecule has 1 amide bonds. The maximum atomic E-state index is 12.9. The summed E-state index contributed by atoms with van der Waals surface area (Å²) in [6, 6.07) is 9.46. The highest BCUT2D eigenvalue weighted by atomic mass is 16.2. The zero-order valence-electron chi connectivity index (χ0n) is 12.7. The lowest BCUT2D eigenvalue weighted by molar-refractivity contribution is 0.0693. The van der Waals surface area contributed by atoms with E-state index in [0.717, 1.165) is 12.1 Å². The van der Waals surface area contributed by atoms with Gasteiger partial charge in [-0.15, -0.1) is 0 Å². The standard InChI is InChI=1S/C20H18N2O/c23-20(17-12-2-1-3-13-17)22-19(16-10-6-7-11-16)14-18(21-22)15-8-4-5-9-15/h1-13,15-16,19H,14H2. The Morgan fingerprint density at radius 3 is 2.30 bits per heavy atom. The normalized spacial score (nSPS) is 23.2. The number of rotatable bonds is 3. The topological polar surface area (TPSA) is 32.7 Å². The van der Waals surface area contributed by atoms with Crippen molar-refractivity contribution in [2.45, 2.75) is 12.5 Å². The highest BCUT2D eigenvalue weighted by molar-refractivity contribution is 5.99. The molecule has 0 saturated carbocycles. The fourth-order valence-electron chi connectivity index (χ4n) is 3.32. The molecule has 0 aromatic heterocycles. The first kappa shape index (κ1) is 13.9. The van der Waals surface area contributed by atoms with Gasteiger partial charge in [-0.1, -0.05) is 66.8 Å². The van der Waals surface area contributed by atoms with Gasteiger partial charge in [0.2, 0.25) is 0 Å². The quantitative estimate of drug-likeness (QED) is 0.837. The second-order valence-corrected chi connectivity index (χ2v) is 6.02. The summed E-state index contributed by atoms with van der Waals surface area (Å²) in [5.74, 6) is 0.434. The summed E-state index contributed by atoms with van der Waals surface area (Å²) < 4.78 is 0. The van der Waals surface area contributed by atoms with Gasteiger partial charge in [-0.2, -0.15) is 5.10 Å². The van der Waals surface area contributed by atoms with Crippen LogP contribution in [0.5, 0.6) is 0 Å². The van der Waals surface area contributed by atoms with Gasteiger partial charge in [0.05, 0.1) is 11.8 Å². The molecule has 0 radical (unpaired) electrons. The monoisotopic (exact) mass is 302 g/mol. The average Bonchev–Trinajstić information content (AvgIpc) is 3.34. The zero-order chi connectivity index (χ0) is 15.6. The highest BCUT2D eigenvalue weighted by Crippen LogP contribution is 2.31. The van der Waals surface area contributed by atoms with Crippen LogP contribution in [-0.4, -0.2) is 22.7 Å². The molecule has 0 fully saturated rings. The zero-order valence-corrected chi connectivity index (χ0v) is 12.7. The molecule has 114 valence electrons. The first-order valence-corrected chi connectivity index (χ1v) is 7.99.